The van der Waals surface area contributed by atoms with Gasteiger partial charge in [-0.15, -0.1) is 0 Å². The Morgan fingerprint density at radius 2 is 1.50 bits per heavy atom. The summed E-state index contributed by atoms with van der Waals surface area (Å²) in [6, 6.07) is 0. The minimum absolute atomic E-state index is 0.0187. The summed E-state index contributed by atoms with van der Waals surface area (Å²) in [7, 11) is 0. The van der Waals surface area contributed by atoms with Gasteiger partial charge < -0.3 is 50.3 Å². The van der Waals surface area contributed by atoms with Gasteiger partial charge in [0, 0.05) is 10.8 Å². The summed E-state index contributed by atoms with van der Waals surface area (Å²) in [4.78, 5) is 0. The topological polar surface area (TPSA) is 180 Å². The fraction of sp³-hybridized carbons (Fsp3) is 0.944. The molecule has 10 heteroatoms. The third-order valence-electron chi connectivity index (χ3n) is 15.0. The quantitative estimate of drug-likeness (QED) is 0.136. The van der Waals surface area contributed by atoms with E-state index in [1.807, 2.05) is 13.0 Å². The molecule has 266 valence electrons. The van der Waals surface area contributed by atoms with Crippen LogP contribution in [0.2, 0.25) is 0 Å². The standard InChI is InChI=1S/C36H62O10/c1-21(17-37)7-6-12-36(20-40)16-15-34(4)22(30(36)44)8-9-25-32(2)13-11-26(33(3,19-39)24(32)10-14-35(25,34)5)46-31-29(43)28(42)27(41)23(18-38)45-31/h7,22-31,37-44H,6,8-20H2,1-5H3/b21-7-/t22?,23-,24?,25?,26+,27-,28+,29-,30-,31+,32+,33+,34-,35-,36-/m1/s1. The van der Waals surface area contributed by atoms with Gasteiger partial charge in [0.05, 0.1) is 38.6 Å². The molecule has 0 aromatic carbocycles. The van der Waals surface area contributed by atoms with E-state index < -0.39 is 60.4 Å². The molecular weight excluding hydrogens is 592 g/mol. The lowest BCUT2D eigenvalue weighted by molar-refractivity contribution is -0.335. The number of rotatable bonds is 9. The van der Waals surface area contributed by atoms with Crippen molar-refractivity contribution in [1.29, 1.82) is 0 Å². The molecule has 0 spiro atoms. The minimum Gasteiger partial charge on any atom is -0.396 e. The lowest BCUT2D eigenvalue weighted by Gasteiger charge is -2.72. The highest BCUT2D eigenvalue weighted by atomic mass is 16.7. The van der Waals surface area contributed by atoms with Gasteiger partial charge in [-0.05, 0) is 105 Å². The normalized spacial score (nSPS) is 52.8. The number of hydrogen-bond acceptors (Lipinski definition) is 10. The van der Waals surface area contributed by atoms with Gasteiger partial charge in [0.25, 0.3) is 0 Å². The van der Waals surface area contributed by atoms with Crippen LogP contribution in [0, 0.1) is 44.8 Å². The number of allylic oxidation sites excluding steroid dienone is 1. The number of fused-ring (bicyclic) bond motifs is 5. The molecule has 0 amide bonds. The van der Waals surface area contributed by atoms with Gasteiger partial charge in [-0.2, -0.15) is 0 Å². The largest absolute Gasteiger partial charge is 0.396 e. The molecule has 15 atom stereocenters. The lowest BCUT2D eigenvalue weighted by atomic mass is 9.33. The molecule has 10 nitrogen and oxygen atoms in total. The molecule has 1 saturated heterocycles. The van der Waals surface area contributed by atoms with Crippen LogP contribution in [0.15, 0.2) is 11.6 Å². The molecule has 5 rings (SSSR count). The van der Waals surface area contributed by atoms with E-state index in [1.54, 1.807) is 0 Å². The summed E-state index contributed by atoms with van der Waals surface area (Å²) in [5.41, 5.74) is -0.545. The Balaban J connectivity index is 1.37. The Hall–Kier alpha value is -0.660. The van der Waals surface area contributed by atoms with Crippen molar-refractivity contribution in [3.05, 3.63) is 11.6 Å². The Bertz CT molecular complexity index is 1100. The van der Waals surface area contributed by atoms with Gasteiger partial charge in [-0.1, -0.05) is 39.3 Å². The first-order valence-electron chi connectivity index (χ1n) is 17.7. The predicted molar refractivity (Wildman–Crippen MR) is 171 cm³/mol. The van der Waals surface area contributed by atoms with Crippen LogP contribution in [-0.4, -0.2) is 110 Å². The molecule has 5 aliphatic rings. The third kappa shape index (κ3) is 5.46. The van der Waals surface area contributed by atoms with E-state index in [1.165, 1.54) is 0 Å². The Morgan fingerprint density at radius 3 is 2.13 bits per heavy atom. The Morgan fingerprint density at radius 1 is 0.783 bits per heavy atom. The first-order chi connectivity index (χ1) is 21.6. The van der Waals surface area contributed by atoms with E-state index in [-0.39, 0.29) is 47.9 Å². The van der Waals surface area contributed by atoms with Crippen molar-refractivity contribution in [3.8, 4) is 0 Å². The molecule has 4 aliphatic carbocycles. The molecule has 0 aromatic rings. The zero-order valence-corrected chi connectivity index (χ0v) is 28.6. The maximum atomic E-state index is 12.0. The zero-order chi connectivity index (χ0) is 33.9. The van der Waals surface area contributed by atoms with E-state index in [2.05, 4.69) is 27.7 Å². The highest BCUT2D eigenvalue weighted by Gasteiger charge is 2.70. The van der Waals surface area contributed by atoms with Gasteiger partial charge in [0.15, 0.2) is 6.29 Å². The van der Waals surface area contributed by atoms with Crippen LogP contribution < -0.4 is 0 Å². The average molecular weight is 655 g/mol. The molecule has 46 heavy (non-hydrogen) atoms. The van der Waals surface area contributed by atoms with E-state index in [4.69, 9.17) is 9.47 Å². The second-order valence-electron chi connectivity index (χ2n) is 16.9. The van der Waals surface area contributed by atoms with E-state index in [0.29, 0.717) is 18.8 Å². The maximum absolute atomic E-state index is 12.0. The van der Waals surface area contributed by atoms with Crippen molar-refractivity contribution in [2.45, 2.75) is 142 Å². The van der Waals surface area contributed by atoms with Crippen LogP contribution in [0.1, 0.15) is 98.8 Å². The van der Waals surface area contributed by atoms with Crippen LogP contribution in [0.5, 0.6) is 0 Å². The molecule has 4 saturated carbocycles. The fourth-order valence-electron chi connectivity index (χ4n) is 11.8. The summed E-state index contributed by atoms with van der Waals surface area (Å²) >= 11 is 0. The van der Waals surface area contributed by atoms with Gasteiger partial charge in [-0.3, -0.25) is 0 Å². The Labute approximate surface area is 274 Å². The van der Waals surface area contributed by atoms with Crippen molar-refractivity contribution in [2.24, 2.45) is 44.8 Å². The highest BCUT2D eigenvalue weighted by Crippen LogP contribution is 2.75. The first kappa shape index (κ1) is 36.6. The lowest BCUT2D eigenvalue weighted by Crippen LogP contribution is -2.69. The van der Waals surface area contributed by atoms with Crippen molar-refractivity contribution in [2.75, 3.05) is 26.4 Å². The molecule has 0 radical (unpaired) electrons. The zero-order valence-electron chi connectivity index (χ0n) is 28.6. The maximum Gasteiger partial charge on any atom is 0.186 e. The van der Waals surface area contributed by atoms with E-state index in [0.717, 1.165) is 56.9 Å². The Kier molecular flexibility index (Phi) is 10.5. The second kappa shape index (κ2) is 13.2. The second-order valence-corrected chi connectivity index (χ2v) is 16.9. The molecule has 8 N–H and O–H groups in total. The highest BCUT2D eigenvalue weighted by molar-refractivity contribution is 5.19. The van der Waals surface area contributed by atoms with Crippen LogP contribution in [0.25, 0.3) is 0 Å². The van der Waals surface area contributed by atoms with Crippen LogP contribution in [0.4, 0.5) is 0 Å². The third-order valence-corrected chi connectivity index (χ3v) is 15.0. The summed E-state index contributed by atoms with van der Waals surface area (Å²) in [5, 5.41) is 84.2. The van der Waals surface area contributed by atoms with Crippen molar-refractivity contribution >= 4 is 0 Å². The number of ether oxygens (including phenoxy) is 2. The van der Waals surface area contributed by atoms with Crippen LogP contribution in [0.3, 0.4) is 0 Å². The monoisotopic (exact) mass is 654 g/mol. The fourth-order valence-corrected chi connectivity index (χ4v) is 11.8. The molecule has 0 aromatic heterocycles. The van der Waals surface area contributed by atoms with Crippen LogP contribution in [-0.2, 0) is 9.47 Å². The molecule has 5 fully saturated rings. The smallest absolute Gasteiger partial charge is 0.186 e. The first-order valence-corrected chi connectivity index (χ1v) is 17.7. The molecule has 1 heterocycles. The average Bonchev–Trinajstić information content (AvgIpc) is 3.04. The van der Waals surface area contributed by atoms with Crippen molar-refractivity contribution in [1.82, 2.24) is 0 Å². The minimum atomic E-state index is -1.52. The van der Waals surface area contributed by atoms with Crippen molar-refractivity contribution in [3.63, 3.8) is 0 Å². The van der Waals surface area contributed by atoms with E-state index in [9.17, 15) is 40.9 Å². The number of aliphatic hydroxyl groups excluding tert-OH is 8. The number of aliphatic hydroxyl groups is 8. The van der Waals surface area contributed by atoms with E-state index >= 15 is 0 Å². The summed E-state index contributed by atoms with van der Waals surface area (Å²) in [6.45, 7) is 10.5. The summed E-state index contributed by atoms with van der Waals surface area (Å²) < 4.78 is 12.1. The summed E-state index contributed by atoms with van der Waals surface area (Å²) in [6.07, 6.45) is 2.47. The van der Waals surface area contributed by atoms with Gasteiger partial charge in [0.2, 0.25) is 0 Å². The van der Waals surface area contributed by atoms with Gasteiger partial charge >= 0.3 is 0 Å². The predicted octanol–water partition coefficient (Wildman–Crippen LogP) is 2.27. The SMILES string of the molecule is C/C(=C/CC[C@]1(CO)CC[C@]2(C)C(CCC3[C@@]4(C)CC[C@H](O[C@@H]5O[C@H](CO)[C@@H](O)[C@H](O)[C@H]5O)[C@@](C)(CO)C4CC[C@]32C)[C@H]1O)CO. The molecular formula is C36H62O10. The van der Waals surface area contributed by atoms with Gasteiger partial charge in [0.1, 0.15) is 24.4 Å². The molecule has 3 unspecified atom stereocenters. The summed E-state index contributed by atoms with van der Waals surface area (Å²) in [5.74, 6) is 0.564. The van der Waals surface area contributed by atoms with Gasteiger partial charge in [-0.25, -0.2) is 0 Å². The van der Waals surface area contributed by atoms with Crippen molar-refractivity contribution < 1.29 is 50.3 Å². The van der Waals surface area contributed by atoms with Crippen LogP contribution >= 0.6 is 0 Å². The number of hydrogen-bond donors (Lipinski definition) is 8. The molecule has 0 bridgehead atoms. The molecule has 1 aliphatic heterocycles.